The maximum atomic E-state index is 4.40. The number of hydrogen-bond acceptors (Lipinski definition) is 5. The van der Waals surface area contributed by atoms with Gasteiger partial charge in [-0.15, -0.1) is 11.3 Å². The Hall–Kier alpha value is -0.650. The van der Waals surface area contributed by atoms with E-state index in [2.05, 4.69) is 46.3 Å². The Morgan fingerprint density at radius 1 is 1.14 bits per heavy atom. The summed E-state index contributed by atoms with van der Waals surface area (Å²) in [5.41, 5.74) is 0.256. The molecule has 120 valence electrons. The topological polar surface area (TPSA) is 31.4 Å². The molecule has 1 N–H and O–H groups in total. The minimum Gasteiger partial charge on any atom is -0.346 e. The number of piperazine rings is 1. The molecular formula is C16H30N4S. The second-order valence-electron chi connectivity index (χ2n) is 6.88. The molecule has 0 aliphatic carbocycles. The van der Waals surface area contributed by atoms with Gasteiger partial charge in [-0.3, -0.25) is 4.90 Å². The van der Waals surface area contributed by atoms with Gasteiger partial charge in [0.25, 0.3) is 0 Å². The summed E-state index contributed by atoms with van der Waals surface area (Å²) >= 11 is 1.75. The summed E-state index contributed by atoms with van der Waals surface area (Å²) in [6.45, 7) is 13.7. The number of nitrogens with one attached hydrogen (secondary N) is 1. The molecule has 0 saturated carbocycles. The number of thiazole rings is 1. The second-order valence-corrected chi connectivity index (χ2v) is 7.75. The van der Waals surface area contributed by atoms with Crippen molar-refractivity contribution in [3.05, 3.63) is 11.6 Å². The van der Waals surface area contributed by atoms with Gasteiger partial charge in [-0.05, 0) is 46.7 Å². The molecule has 2 rings (SSSR count). The normalized spacial score (nSPS) is 17.4. The van der Waals surface area contributed by atoms with Crippen LogP contribution in [0.15, 0.2) is 11.6 Å². The van der Waals surface area contributed by atoms with Crippen LogP contribution in [-0.4, -0.2) is 54.7 Å². The van der Waals surface area contributed by atoms with Crippen LogP contribution in [0.1, 0.15) is 40.0 Å². The lowest BCUT2D eigenvalue weighted by molar-refractivity contribution is 0.251. The lowest BCUT2D eigenvalue weighted by Gasteiger charge is -2.34. The van der Waals surface area contributed by atoms with Gasteiger partial charge in [-0.25, -0.2) is 4.98 Å². The summed E-state index contributed by atoms with van der Waals surface area (Å²) in [7, 11) is 0. The highest BCUT2D eigenvalue weighted by atomic mass is 32.1. The van der Waals surface area contributed by atoms with Crippen molar-refractivity contribution < 1.29 is 0 Å². The average Bonchev–Trinajstić information content (AvgIpc) is 2.96. The molecule has 5 heteroatoms. The van der Waals surface area contributed by atoms with E-state index in [1.54, 1.807) is 11.3 Å². The van der Waals surface area contributed by atoms with Crippen LogP contribution >= 0.6 is 11.3 Å². The fourth-order valence-corrected chi connectivity index (χ4v) is 3.33. The summed E-state index contributed by atoms with van der Waals surface area (Å²) in [5.74, 6) is 0. The monoisotopic (exact) mass is 310 g/mol. The van der Waals surface area contributed by atoms with E-state index in [0.29, 0.717) is 0 Å². The molecule has 0 aromatic carbocycles. The van der Waals surface area contributed by atoms with E-state index < -0.39 is 0 Å². The van der Waals surface area contributed by atoms with E-state index in [1.165, 1.54) is 44.0 Å². The molecule has 21 heavy (non-hydrogen) atoms. The largest absolute Gasteiger partial charge is 0.346 e. The molecule has 2 heterocycles. The Balaban J connectivity index is 1.51. The Bertz CT molecular complexity index is 377. The van der Waals surface area contributed by atoms with Gasteiger partial charge >= 0.3 is 0 Å². The Labute approximate surface area is 133 Å². The summed E-state index contributed by atoms with van der Waals surface area (Å²) in [6, 6.07) is 0. The highest BCUT2D eigenvalue weighted by Gasteiger charge is 2.17. The van der Waals surface area contributed by atoms with E-state index >= 15 is 0 Å². The summed E-state index contributed by atoms with van der Waals surface area (Å²) in [6.07, 6.45) is 5.84. The van der Waals surface area contributed by atoms with Crippen molar-refractivity contribution in [1.82, 2.24) is 15.2 Å². The van der Waals surface area contributed by atoms with Crippen molar-refractivity contribution in [2.75, 3.05) is 44.2 Å². The van der Waals surface area contributed by atoms with Crippen molar-refractivity contribution in [3.8, 4) is 0 Å². The predicted molar refractivity (Wildman–Crippen MR) is 92.4 cm³/mol. The Kier molecular flexibility index (Phi) is 6.45. The molecular weight excluding hydrogens is 280 g/mol. The first kappa shape index (κ1) is 16.7. The van der Waals surface area contributed by atoms with E-state index in [0.717, 1.165) is 19.6 Å². The second kappa shape index (κ2) is 8.11. The molecule has 0 amide bonds. The fourth-order valence-electron chi connectivity index (χ4n) is 2.64. The first-order valence-corrected chi connectivity index (χ1v) is 9.04. The minimum atomic E-state index is 0.256. The molecule has 1 fully saturated rings. The molecule has 1 aromatic heterocycles. The van der Waals surface area contributed by atoms with Crippen LogP contribution in [0.3, 0.4) is 0 Å². The van der Waals surface area contributed by atoms with Gasteiger partial charge in [-0.2, -0.15) is 0 Å². The zero-order valence-electron chi connectivity index (χ0n) is 13.8. The highest BCUT2D eigenvalue weighted by molar-refractivity contribution is 7.13. The maximum Gasteiger partial charge on any atom is 0.185 e. The average molecular weight is 311 g/mol. The third-order valence-electron chi connectivity index (χ3n) is 3.87. The molecule has 4 nitrogen and oxygen atoms in total. The number of anilines is 1. The lowest BCUT2D eigenvalue weighted by atomic mass is 10.1. The van der Waals surface area contributed by atoms with E-state index in [1.807, 2.05) is 6.20 Å². The maximum absolute atomic E-state index is 4.40. The first-order chi connectivity index (χ1) is 10.0. The van der Waals surface area contributed by atoms with Crippen molar-refractivity contribution in [2.24, 2.45) is 0 Å². The number of aromatic nitrogens is 1. The van der Waals surface area contributed by atoms with Gasteiger partial charge in [0.05, 0.1) is 0 Å². The standard InChI is InChI=1S/C16H30N4S/c1-16(2,3)18-7-5-4-6-9-19-10-12-20(13-11-19)15-17-8-14-21-15/h8,14,18H,4-7,9-13H2,1-3H3. The number of rotatable bonds is 7. The van der Waals surface area contributed by atoms with E-state index in [4.69, 9.17) is 0 Å². The SMILES string of the molecule is CC(C)(C)NCCCCCN1CCN(c2nccs2)CC1. The summed E-state index contributed by atoms with van der Waals surface area (Å²) in [4.78, 5) is 9.41. The van der Waals surface area contributed by atoms with Crippen LogP contribution in [0.5, 0.6) is 0 Å². The van der Waals surface area contributed by atoms with Gasteiger partial charge in [0.2, 0.25) is 0 Å². The van der Waals surface area contributed by atoms with Crippen LogP contribution in [0.4, 0.5) is 5.13 Å². The van der Waals surface area contributed by atoms with Crippen LogP contribution < -0.4 is 10.2 Å². The molecule has 1 saturated heterocycles. The minimum absolute atomic E-state index is 0.256. The van der Waals surface area contributed by atoms with Gasteiger partial charge in [-0.1, -0.05) is 6.42 Å². The van der Waals surface area contributed by atoms with Crippen LogP contribution in [0.2, 0.25) is 0 Å². The quantitative estimate of drug-likeness (QED) is 0.785. The zero-order valence-corrected chi connectivity index (χ0v) is 14.6. The van der Waals surface area contributed by atoms with E-state index in [9.17, 15) is 0 Å². The number of unbranched alkanes of at least 4 members (excludes halogenated alkanes) is 2. The van der Waals surface area contributed by atoms with Crippen molar-refractivity contribution in [3.63, 3.8) is 0 Å². The molecule has 1 aliphatic rings. The first-order valence-electron chi connectivity index (χ1n) is 8.16. The third-order valence-corrected chi connectivity index (χ3v) is 4.70. The van der Waals surface area contributed by atoms with Crippen LogP contribution in [0.25, 0.3) is 0 Å². The Morgan fingerprint density at radius 2 is 1.90 bits per heavy atom. The van der Waals surface area contributed by atoms with Gasteiger partial charge in [0.1, 0.15) is 0 Å². The van der Waals surface area contributed by atoms with Crippen LogP contribution in [0, 0.1) is 0 Å². The lowest BCUT2D eigenvalue weighted by Crippen LogP contribution is -2.46. The van der Waals surface area contributed by atoms with Crippen molar-refractivity contribution >= 4 is 16.5 Å². The summed E-state index contributed by atoms with van der Waals surface area (Å²) < 4.78 is 0. The molecule has 0 unspecified atom stereocenters. The highest BCUT2D eigenvalue weighted by Crippen LogP contribution is 2.18. The smallest absolute Gasteiger partial charge is 0.185 e. The molecule has 1 aromatic rings. The molecule has 0 atom stereocenters. The number of hydrogen-bond donors (Lipinski definition) is 1. The fraction of sp³-hybridized carbons (Fsp3) is 0.812. The summed E-state index contributed by atoms with van der Waals surface area (Å²) in [5, 5.41) is 6.80. The Morgan fingerprint density at radius 3 is 2.52 bits per heavy atom. The van der Waals surface area contributed by atoms with Crippen LogP contribution in [-0.2, 0) is 0 Å². The van der Waals surface area contributed by atoms with Crippen molar-refractivity contribution in [1.29, 1.82) is 0 Å². The van der Waals surface area contributed by atoms with Crippen molar-refractivity contribution in [2.45, 2.75) is 45.6 Å². The zero-order chi connectivity index (χ0) is 15.1. The third kappa shape index (κ3) is 6.32. The molecule has 0 radical (unpaired) electrons. The van der Waals surface area contributed by atoms with Gasteiger partial charge < -0.3 is 10.2 Å². The molecule has 1 aliphatic heterocycles. The predicted octanol–water partition coefficient (Wildman–Crippen LogP) is 2.82. The molecule has 0 bridgehead atoms. The van der Waals surface area contributed by atoms with E-state index in [-0.39, 0.29) is 5.54 Å². The van der Waals surface area contributed by atoms with Gasteiger partial charge in [0.15, 0.2) is 5.13 Å². The van der Waals surface area contributed by atoms with Gasteiger partial charge in [0, 0.05) is 43.3 Å². The number of nitrogens with zero attached hydrogens (tertiary/aromatic N) is 3. The molecule has 0 spiro atoms.